The molecule has 1 amide bonds. The van der Waals surface area contributed by atoms with E-state index in [1.807, 2.05) is 0 Å². The number of thiazole rings is 1. The molecule has 8 nitrogen and oxygen atoms in total. The van der Waals surface area contributed by atoms with Crippen molar-refractivity contribution in [2.75, 3.05) is 25.0 Å². The van der Waals surface area contributed by atoms with E-state index in [0.717, 1.165) is 9.97 Å². The van der Waals surface area contributed by atoms with Crippen molar-refractivity contribution >= 4 is 40.1 Å². The maximum Gasteiger partial charge on any atom is 0.307 e. The molecule has 0 aliphatic rings. The largest absolute Gasteiger partial charge is 0.466 e. The van der Waals surface area contributed by atoms with Crippen LogP contribution in [0, 0.1) is 0 Å². The molecule has 0 radical (unpaired) electrons. The topological polar surface area (TPSA) is 106 Å². The summed E-state index contributed by atoms with van der Waals surface area (Å²) in [5.41, 5.74) is -0.0612. The van der Waals surface area contributed by atoms with E-state index in [9.17, 15) is 9.59 Å². The van der Waals surface area contributed by atoms with Gasteiger partial charge in [-0.05, 0) is 19.9 Å². The number of aromatic nitrogens is 2. The molecule has 0 spiro atoms. The normalized spacial score (nSPS) is 11.5. The molecule has 2 rings (SSSR count). The lowest BCUT2D eigenvalue weighted by molar-refractivity contribution is -0.143. The van der Waals surface area contributed by atoms with Crippen LogP contribution in [0.3, 0.4) is 0 Å². The predicted molar refractivity (Wildman–Crippen MR) is 119 cm³/mol. The molecule has 0 atom stereocenters. The summed E-state index contributed by atoms with van der Waals surface area (Å²) in [5, 5.41) is 6.54. The number of hydrogen-bond donors (Lipinski definition) is 2. The van der Waals surface area contributed by atoms with Gasteiger partial charge in [-0.15, -0.1) is 11.8 Å². The second kappa shape index (κ2) is 12.1. The van der Waals surface area contributed by atoms with Gasteiger partial charge in [0.15, 0.2) is 5.13 Å². The average molecular weight is 455 g/mol. The van der Waals surface area contributed by atoms with Crippen LogP contribution < -0.4 is 10.6 Å². The van der Waals surface area contributed by atoms with E-state index in [-0.39, 0.29) is 17.3 Å². The number of rotatable bonds is 12. The maximum atomic E-state index is 12.0. The molecular formula is C20H30N4O4S2. The molecule has 0 aliphatic carbocycles. The quantitative estimate of drug-likeness (QED) is 0.282. The molecule has 0 aliphatic heterocycles. The summed E-state index contributed by atoms with van der Waals surface area (Å²) in [7, 11) is 0. The Hall–Kier alpha value is -1.91. The van der Waals surface area contributed by atoms with Crippen LogP contribution >= 0.6 is 23.1 Å². The minimum atomic E-state index is -0.211. The number of carbonyl (C=O) groups is 2. The fourth-order valence-corrected chi connectivity index (χ4v) is 4.09. The molecule has 0 unspecified atom stereocenters. The van der Waals surface area contributed by atoms with E-state index in [2.05, 4.69) is 41.4 Å². The molecule has 0 saturated heterocycles. The Morgan fingerprint density at radius 2 is 2.00 bits per heavy atom. The predicted octanol–water partition coefficient (Wildman–Crippen LogP) is 3.98. The zero-order valence-electron chi connectivity index (χ0n) is 17.9. The Balaban J connectivity index is 1.63. The number of ether oxygens (including phenoxy) is 1. The number of nitrogens with one attached hydrogen (secondary N) is 2. The summed E-state index contributed by atoms with van der Waals surface area (Å²) in [6.07, 6.45) is 4.93. The molecule has 2 aromatic heterocycles. The van der Waals surface area contributed by atoms with Crippen molar-refractivity contribution in [2.24, 2.45) is 0 Å². The highest BCUT2D eigenvalue weighted by molar-refractivity contribution is 8.00. The van der Waals surface area contributed by atoms with E-state index < -0.39 is 0 Å². The molecular weight excluding hydrogens is 424 g/mol. The van der Waals surface area contributed by atoms with Crippen LogP contribution in [0.2, 0.25) is 0 Å². The summed E-state index contributed by atoms with van der Waals surface area (Å²) in [6.45, 7) is 9.65. The molecule has 2 N–H and O–H groups in total. The van der Waals surface area contributed by atoms with E-state index in [4.69, 9.17) is 9.15 Å². The molecule has 30 heavy (non-hydrogen) atoms. The van der Waals surface area contributed by atoms with Crippen LogP contribution in [0.4, 0.5) is 5.13 Å². The van der Waals surface area contributed by atoms with Crippen molar-refractivity contribution in [3.05, 3.63) is 24.0 Å². The zero-order chi connectivity index (χ0) is 22.0. The van der Waals surface area contributed by atoms with E-state index in [1.54, 1.807) is 31.1 Å². The second-order valence-corrected chi connectivity index (χ2v) is 9.90. The third kappa shape index (κ3) is 8.85. The molecule has 166 valence electrons. The van der Waals surface area contributed by atoms with Gasteiger partial charge in [-0.2, -0.15) is 0 Å². The zero-order valence-corrected chi connectivity index (χ0v) is 19.6. The maximum absolute atomic E-state index is 12.0. The third-order valence-corrected chi connectivity index (χ3v) is 6.02. The van der Waals surface area contributed by atoms with Gasteiger partial charge in [-0.3, -0.25) is 9.59 Å². The van der Waals surface area contributed by atoms with Crippen LogP contribution in [0.25, 0.3) is 0 Å². The molecule has 0 saturated carbocycles. The standard InChI is InChI=1S/C20H30N4O4S2/c1-5-27-17(26)8-10-21-9-6-7-15(25)24-19-23-12-18(30-19)29-13-16-22-11-14(28-16)20(2,3)4/h11-12,21H,5-10,13H2,1-4H3,(H,23,24,25). The van der Waals surface area contributed by atoms with E-state index >= 15 is 0 Å². The van der Waals surface area contributed by atoms with Gasteiger partial charge in [-0.25, -0.2) is 9.97 Å². The molecule has 2 aromatic rings. The Morgan fingerprint density at radius 3 is 2.70 bits per heavy atom. The number of anilines is 1. The van der Waals surface area contributed by atoms with Crippen LogP contribution in [0.15, 0.2) is 21.0 Å². The number of esters is 1. The first-order valence-corrected chi connectivity index (χ1v) is 11.8. The molecule has 0 aromatic carbocycles. The van der Waals surface area contributed by atoms with Gasteiger partial charge < -0.3 is 19.8 Å². The highest BCUT2D eigenvalue weighted by atomic mass is 32.2. The lowest BCUT2D eigenvalue weighted by atomic mass is 9.94. The molecule has 10 heteroatoms. The number of thioether (sulfide) groups is 1. The number of nitrogens with zero attached hydrogens (tertiary/aromatic N) is 2. The first-order valence-electron chi connectivity index (χ1n) is 9.98. The number of hydrogen-bond acceptors (Lipinski definition) is 9. The van der Waals surface area contributed by atoms with Gasteiger partial charge >= 0.3 is 5.97 Å². The van der Waals surface area contributed by atoms with Gasteiger partial charge in [0.05, 0.1) is 35.4 Å². The van der Waals surface area contributed by atoms with Crippen LogP contribution in [0.1, 0.15) is 58.6 Å². The SMILES string of the molecule is CCOC(=O)CCNCCCC(=O)Nc1ncc(SCc2ncc(C(C)(C)C)o2)s1. The summed E-state index contributed by atoms with van der Waals surface area (Å²) in [5.74, 6) is 1.88. The highest BCUT2D eigenvalue weighted by Gasteiger charge is 2.19. The van der Waals surface area contributed by atoms with Crippen molar-refractivity contribution < 1.29 is 18.7 Å². The molecule has 2 heterocycles. The highest BCUT2D eigenvalue weighted by Crippen LogP contribution is 2.31. The average Bonchev–Trinajstić information content (AvgIpc) is 3.32. The Labute approximate surface area is 185 Å². The number of carbonyl (C=O) groups excluding carboxylic acids is 2. The van der Waals surface area contributed by atoms with Crippen molar-refractivity contribution in [3.63, 3.8) is 0 Å². The Kier molecular flexibility index (Phi) is 9.80. The lowest BCUT2D eigenvalue weighted by Crippen LogP contribution is -2.22. The van der Waals surface area contributed by atoms with E-state index in [0.29, 0.717) is 55.7 Å². The summed E-state index contributed by atoms with van der Waals surface area (Å²) < 4.78 is 11.6. The second-order valence-electron chi connectivity index (χ2n) is 7.60. The van der Waals surface area contributed by atoms with Gasteiger partial charge in [0.25, 0.3) is 0 Å². The summed E-state index contributed by atoms with van der Waals surface area (Å²) in [6, 6.07) is 0. The van der Waals surface area contributed by atoms with Crippen molar-refractivity contribution in [3.8, 4) is 0 Å². The smallest absolute Gasteiger partial charge is 0.307 e. The first-order chi connectivity index (χ1) is 14.3. The summed E-state index contributed by atoms with van der Waals surface area (Å²) >= 11 is 3.01. The van der Waals surface area contributed by atoms with E-state index in [1.165, 1.54) is 11.3 Å². The molecule has 0 fully saturated rings. The first kappa shape index (κ1) is 24.4. The van der Waals surface area contributed by atoms with Crippen molar-refractivity contribution in [2.45, 2.75) is 62.3 Å². The van der Waals surface area contributed by atoms with Crippen LogP contribution in [-0.4, -0.2) is 41.5 Å². The Morgan fingerprint density at radius 1 is 1.20 bits per heavy atom. The van der Waals surface area contributed by atoms with Crippen molar-refractivity contribution in [1.82, 2.24) is 15.3 Å². The summed E-state index contributed by atoms with van der Waals surface area (Å²) in [4.78, 5) is 31.8. The fraction of sp³-hybridized carbons (Fsp3) is 0.600. The minimum absolute atomic E-state index is 0.0612. The van der Waals surface area contributed by atoms with Gasteiger partial charge in [0.2, 0.25) is 11.8 Å². The fourth-order valence-electron chi connectivity index (χ4n) is 2.34. The minimum Gasteiger partial charge on any atom is -0.466 e. The van der Waals surface area contributed by atoms with Crippen LogP contribution in [0.5, 0.6) is 0 Å². The number of oxazole rings is 1. The van der Waals surface area contributed by atoms with Gasteiger partial charge in [-0.1, -0.05) is 32.1 Å². The van der Waals surface area contributed by atoms with Gasteiger partial charge in [0, 0.05) is 18.4 Å². The van der Waals surface area contributed by atoms with Crippen LogP contribution in [-0.2, 0) is 25.5 Å². The number of amides is 1. The Bertz CT molecular complexity index is 814. The van der Waals surface area contributed by atoms with Gasteiger partial charge in [0.1, 0.15) is 5.76 Å². The van der Waals surface area contributed by atoms with Crippen molar-refractivity contribution in [1.29, 1.82) is 0 Å². The molecule has 0 bridgehead atoms. The monoisotopic (exact) mass is 454 g/mol. The third-order valence-electron chi connectivity index (χ3n) is 3.93. The lowest BCUT2D eigenvalue weighted by Gasteiger charge is -2.12.